The fraction of sp³-hybridized carbons (Fsp3) is 0.111. The minimum Gasteiger partial charge on any atom is -0.481 e. The van der Waals surface area contributed by atoms with Gasteiger partial charge in [0.1, 0.15) is 5.75 Å². The minimum atomic E-state index is -0.519. The molecule has 0 bridgehead atoms. The number of esters is 1. The van der Waals surface area contributed by atoms with Gasteiger partial charge in [0, 0.05) is 17.7 Å². The molecule has 0 atom stereocenters. The van der Waals surface area contributed by atoms with Gasteiger partial charge in [-0.2, -0.15) is 5.26 Å². The molecule has 0 aliphatic carbocycles. The molecule has 0 radical (unpaired) electrons. The number of hydrogen-bond acceptors (Lipinski definition) is 6. The number of para-hydroxylation sites is 1. The minimum absolute atomic E-state index is 0.0529. The number of nitrogens with zero attached hydrogens (tertiary/aromatic N) is 2. The van der Waals surface area contributed by atoms with Crippen LogP contribution in [0.25, 0.3) is 11.6 Å². The zero-order valence-corrected chi connectivity index (χ0v) is 13.3. The Morgan fingerprint density at radius 1 is 1.24 bits per heavy atom. The highest BCUT2D eigenvalue weighted by Crippen LogP contribution is 2.25. The molecule has 0 spiro atoms. The van der Waals surface area contributed by atoms with Gasteiger partial charge in [0.05, 0.1) is 23.7 Å². The molecule has 0 aliphatic heterocycles. The molecule has 2 aromatic carbocycles. The van der Waals surface area contributed by atoms with Crippen molar-refractivity contribution in [3.8, 4) is 11.8 Å². The fourth-order valence-corrected chi connectivity index (χ4v) is 2.03. The van der Waals surface area contributed by atoms with Crippen LogP contribution in [0.4, 0.5) is 5.69 Å². The number of ether oxygens (including phenoxy) is 2. The number of carbonyl (C=O) groups excluding carboxylic acids is 1. The summed E-state index contributed by atoms with van der Waals surface area (Å²) in [6.07, 6.45) is 1.59. The standard InChI is InChI=1S/C18H14N2O5/c1-24-18(21)12-25-17-5-3-2-4-14(17)10-15(11-19)13-6-8-16(9-7-13)20(22)23/h2-10H,12H2,1H3/b15-10-. The number of nitro benzene ring substituents is 1. The molecule has 2 aromatic rings. The van der Waals surface area contributed by atoms with Crippen LogP contribution in [-0.2, 0) is 9.53 Å². The number of nitriles is 1. The van der Waals surface area contributed by atoms with E-state index in [1.54, 1.807) is 30.3 Å². The Kier molecular flexibility index (Phi) is 5.85. The van der Waals surface area contributed by atoms with Gasteiger partial charge in [-0.1, -0.05) is 18.2 Å². The van der Waals surface area contributed by atoms with Crippen molar-refractivity contribution in [2.75, 3.05) is 13.7 Å². The number of rotatable bonds is 6. The molecule has 0 saturated carbocycles. The zero-order valence-electron chi connectivity index (χ0n) is 13.3. The summed E-state index contributed by atoms with van der Waals surface area (Å²) in [6, 6.07) is 14.6. The van der Waals surface area contributed by atoms with E-state index in [4.69, 9.17) is 4.74 Å². The van der Waals surface area contributed by atoms with Gasteiger partial charge in [0.15, 0.2) is 6.61 Å². The molecule has 7 heteroatoms. The molecule has 0 fully saturated rings. The van der Waals surface area contributed by atoms with Crippen molar-refractivity contribution < 1.29 is 19.2 Å². The van der Waals surface area contributed by atoms with Crippen LogP contribution in [0.5, 0.6) is 5.75 Å². The van der Waals surface area contributed by atoms with E-state index < -0.39 is 10.9 Å². The molecular weight excluding hydrogens is 324 g/mol. The second kappa shape index (κ2) is 8.26. The SMILES string of the molecule is COC(=O)COc1ccccc1/C=C(/C#N)c1ccc([N+](=O)[O-])cc1. The van der Waals surface area contributed by atoms with Crippen LogP contribution in [0, 0.1) is 21.4 Å². The maximum atomic E-state index is 11.2. The third-order valence-corrected chi connectivity index (χ3v) is 3.30. The predicted octanol–water partition coefficient (Wildman–Crippen LogP) is 3.21. The molecule has 7 nitrogen and oxygen atoms in total. The largest absolute Gasteiger partial charge is 0.481 e. The fourth-order valence-electron chi connectivity index (χ4n) is 2.03. The van der Waals surface area contributed by atoms with Gasteiger partial charge in [-0.05, 0) is 29.8 Å². The van der Waals surface area contributed by atoms with Crippen molar-refractivity contribution in [2.24, 2.45) is 0 Å². The van der Waals surface area contributed by atoms with Crippen LogP contribution in [0.2, 0.25) is 0 Å². The average Bonchev–Trinajstić information content (AvgIpc) is 2.64. The van der Waals surface area contributed by atoms with Gasteiger partial charge in [-0.3, -0.25) is 10.1 Å². The molecule has 126 valence electrons. The maximum absolute atomic E-state index is 11.2. The van der Waals surface area contributed by atoms with Gasteiger partial charge in [-0.15, -0.1) is 0 Å². The molecule has 0 saturated heterocycles. The second-order valence-electron chi connectivity index (χ2n) is 4.88. The first-order valence-corrected chi connectivity index (χ1v) is 7.20. The van der Waals surface area contributed by atoms with Crippen LogP contribution >= 0.6 is 0 Å². The van der Waals surface area contributed by atoms with Crippen LogP contribution in [-0.4, -0.2) is 24.6 Å². The van der Waals surface area contributed by atoms with Crippen LogP contribution in [0.3, 0.4) is 0 Å². The topological polar surface area (TPSA) is 102 Å². The Morgan fingerprint density at radius 3 is 2.52 bits per heavy atom. The van der Waals surface area contributed by atoms with E-state index >= 15 is 0 Å². The third kappa shape index (κ3) is 4.65. The lowest BCUT2D eigenvalue weighted by Crippen LogP contribution is -2.12. The molecule has 0 unspecified atom stereocenters. The first-order chi connectivity index (χ1) is 12.0. The van der Waals surface area contributed by atoms with E-state index in [0.717, 1.165) is 0 Å². The van der Waals surface area contributed by atoms with E-state index in [1.165, 1.54) is 31.4 Å². The predicted molar refractivity (Wildman–Crippen MR) is 90.5 cm³/mol. The average molecular weight is 338 g/mol. The van der Waals surface area contributed by atoms with E-state index in [0.29, 0.717) is 22.4 Å². The second-order valence-corrected chi connectivity index (χ2v) is 4.88. The first-order valence-electron chi connectivity index (χ1n) is 7.20. The Balaban J connectivity index is 2.32. The van der Waals surface area contributed by atoms with Crippen molar-refractivity contribution in [1.82, 2.24) is 0 Å². The number of nitro groups is 1. The molecule has 0 amide bonds. The van der Waals surface area contributed by atoms with Crippen molar-refractivity contribution >= 4 is 23.3 Å². The van der Waals surface area contributed by atoms with Crippen molar-refractivity contribution in [3.63, 3.8) is 0 Å². The highest BCUT2D eigenvalue weighted by atomic mass is 16.6. The van der Waals surface area contributed by atoms with Crippen LogP contribution in [0.1, 0.15) is 11.1 Å². The van der Waals surface area contributed by atoms with Crippen molar-refractivity contribution in [3.05, 3.63) is 69.8 Å². The van der Waals surface area contributed by atoms with Gasteiger partial charge >= 0.3 is 5.97 Å². The lowest BCUT2D eigenvalue weighted by atomic mass is 10.0. The highest BCUT2D eigenvalue weighted by molar-refractivity contribution is 5.90. The van der Waals surface area contributed by atoms with Crippen molar-refractivity contribution in [1.29, 1.82) is 5.26 Å². The summed E-state index contributed by atoms with van der Waals surface area (Å²) < 4.78 is 9.93. The van der Waals surface area contributed by atoms with Crippen LogP contribution in [0.15, 0.2) is 48.5 Å². The Hall–Kier alpha value is -3.66. The molecule has 0 aromatic heterocycles. The smallest absolute Gasteiger partial charge is 0.343 e. The molecule has 0 aliphatic rings. The molecular formula is C18H14N2O5. The number of allylic oxidation sites excluding steroid dienone is 1. The maximum Gasteiger partial charge on any atom is 0.343 e. The summed E-state index contributed by atoms with van der Waals surface area (Å²) in [4.78, 5) is 21.4. The first kappa shape index (κ1) is 17.7. The van der Waals surface area contributed by atoms with Gasteiger partial charge in [0.25, 0.3) is 5.69 Å². The van der Waals surface area contributed by atoms with E-state index in [-0.39, 0.29) is 12.3 Å². The van der Waals surface area contributed by atoms with E-state index in [1.807, 2.05) is 0 Å². The Morgan fingerprint density at radius 2 is 1.92 bits per heavy atom. The highest BCUT2D eigenvalue weighted by Gasteiger charge is 2.09. The Labute approximate surface area is 143 Å². The monoisotopic (exact) mass is 338 g/mol. The normalized spacial score (nSPS) is 10.6. The number of non-ortho nitro benzene ring substituents is 1. The summed E-state index contributed by atoms with van der Waals surface area (Å²) in [7, 11) is 1.26. The lowest BCUT2D eigenvalue weighted by molar-refractivity contribution is -0.384. The number of methoxy groups -OCH3 is 1. The molecule has 0 N–H and O–H groups in total. The van der Waals surface area contributed by atoms with Gasteiger partial charge < -0.3 is 9.47 Å². The van der Waals surface area contributed by atoms with Crippen molar-refractivity contribution in [2.45, 2.75) is 0 Å². The summed E-state index contributed by atoms with van der Waals surface area (Å²) in [5.74, 6) is -0.0998. The van der Waals surface area contributed by atoms with Gasteiger partial charge in [-0.25, -0.2) is 4.79 Å². The number of hydrogen-bond donors (Lipinski definition) is 0. The molecule has 2 rings (SSSR count). The molecule has 25 heavy (non-hydrogen) atoms. The quantitative estimate of drug-likeness (QED) is 0.263. The Bertz CT molecular complexity index is 851. The molecule has 0 heterocycles. The summed E-state index contributed by atoms with van der Waals surface area (Å²) in [5, 5.41) is 20.1. The number of benzene rings is 2. The van der Waals surface area contributed by atoms with E-state index in [9.17, 15) is 20.2 Å². The number of carbonyl (C=O) groups is 1. The van der Waals surface area contributed by atoms with E-state index in [2.05, 4.69) is 10.8 Å². The summed E-state index contributed by atoms with van der Waals surface area (Å²) >= 11 is 0. The summed E-state index contributed by atoms with van der Waals surface area (Å²) in [6.45, 7) is -0.249. The summed E-state index contributed by atoms with van der Waals surface area (Å²) in [5.41, 5.74) is 1.39. The third-order valence-electron chi connectivity index (χ3n) is 3.30. The van der Waals surface area contributed by atoms with Crippen LogP contribution < -0.4 is 4.74 Å². The lowest BCUT2D eigenvalue weighted by Gasteiger charge is -2.08. The zero-order chi connectivity index (χ0) is 18.2. The van der Waals surface area contributed by atoms with Gasteiger partial charge in [0.2, 0.25) is 0 Å².